The van der Waals surface area contributed by atoms with Gasteiger partial charge < -0.3 is 9.64 Å². The molecule has 98 valence electrons. The van der Waals surface area contributed by atoms with Crippen LogP contribution in [0.3, 0.4) is 0 Å². The number of halogens is 1. The second-order valence-corrected chi connectivity index (χ2v) is 7.24. The van der Waals surface area contributed by atoms with Gasteiger partial charge in [0.2, 0.25) is 0 Å². The Labute approximate surface area is 119 Å². The maximum atomic E-state index is 11.9. The van der Waals surface area contributed by atoms with Crippen molar-refractivity contribution in [2.75, 3.05) is 19.7 Å². The molecule has 2 aliphatic rings. The highest BCUT2D eigenvalue weighted by Gasteiger charge is 2.34. The van der Waals surface area contributed by atoms with Crippen molar-refractivity contribution < 1.29 is 9.53 Å². The van der Waals surface area contributed by atoms with Gasteiger partial charge in [-0.1, -0.05) is 0 Å². The lowest BCUT2D eigenvalue weighted by Crippen LogP contribution is -2.34. The van der Waals surface area contributed by atoms with Gasteiger partial charge in [-0.3, -0.25) is 0 Å². The molecule has 0 bridgehead atoms. The van der Waals surface area contributed by atoms with Crippen LogP contribution in [0.25, 0.3) is 0 Å². The van der Waals surface area contributed by atoms with E-state index in [9.17, 15) is 4.79 Å². The molecule has 1 aliphatic carbocycles. The van der Waals surface area contributed by atoms with Gasteiger partial charge in [0, 0.05) is 23.9 Å². The Kier molecular flexibility index (Phi) is 3.36. The summed E-state index contributed by atoms with van der Waals surface area (Å²) in [4.78, 5) is 15.2. The number of carbonyl (C=O) groups excluding carboxylic acids is 1. The first-order valence-corrected chi connectivity index (χ1v) is 8.03. The lowest BCUT2D eigenvalue weighted by Gasteiger charge is -2.22. The molecular weight excluding hydrogens is 314 g/mol. The second-order valence-electron chi connectivity index (χ2n) is 4.82. The number of thiophene rings is 1. The van der Waals surface area contributed by atoms with Crippen molar-refractivity contribution >= 4 is 33.4 Å². The fourth-order valence-electron chi connectivity index (χ4n) is 3.01. The van der Waals surface area contributed by atoms with E-state index in [4.69, 9.17) is 4.74 Å². The summed E-state index contributed by atoms with van der Waals surface area (Å²) >= 11 is 5.52. The van der Waals surface area contributed by atoms with Gasteiger partial charge in [-0.05, 0) is 53.2 Å². The van der Waals surface area contributed by atoms with Gasteiger partial charge >= 0.3 is 6.09 Å². The minimum absolute atomic E-state index is 0.153. The third kappa shape index (κ3) is 1.97. The first-order valence-electron chi connectivity index (χ1n) is 6.42. The molecule has 3 nitrogen and oxygen atoms in total. The lowest BCUT2D eigenvalue weighted by atomic mass is 10.0. The highest BCUT2D eigenvalue weighted by molar-refractivity contribution is 9.11. The van der Waals surface area contributed by atoms with Crippen molar-refractivity contribution in [3.63, 3.8) is 0 Å². The normalized spacial score (nSPS) is 21.7. The monoisotopic (exact) mass is 329 g/mol. The Hall–Kier alpha value is -0.550. The highest BCUT2D eigenvalue weighted by Crippen LogP contribution is 2.46. The predicted molar refractivity (Wildman–Crippen MR) is 75.4 cm³/mol. The zero-order valence-electron chi connectivity index (χ0n) is 10.4. The molecule has 2 heterocycles. The van der Waals surface area contributed by atoms with Crippen LogP contribution in [-0.2, 0) is 17.6 Å². The molecule has 1 unspecified atom stereocenters. The van der Waals surface area contributed by atoms with Gasteiger partial charge in [-0.15, -0.1) is 11.3 Å². The summed E-state index contributed by atoms with van der Waals surface area (Å²) in [6.07, 6.45) is 3.13. The fourth-order valence-corrected chi connectivity index (χ4v) is 5.15. The Bertz CT molecular complexity index is 486. The van der Waals surface area contributed by atoms with E-state index in [0.29, 0.717) is 12.5 Å². The molecule has 1 aliphatic heterocycles. The predicted octanol–water partition coefficient (Wildman–Crippen LogP) is 3.56. The molecule has 3 rings (SSSR count). The van der Waals surface area contributed by atoms with Crippen LogP contribution >= 0.6 is 27.3 Å². The van der Waals surface area contributed by atoms with E-state index >= 15 is 0 Å². The molecule has 0 spiro atoms. The Morgan fingerprint density at radius 1 is 1.56 bits per heavy atom. The molecule has 1 aromatic rings. The van der Waals surface area contributed by atoms with E-state index in [-0.39, 0.29) is 6.09 Å². The van der Waals surface area contributed by atoms with E-state index in [1.54, 1.807) is 0 Å². The molecule has 0 saturated heterocycles. The SMILES string of the molecule is CCOC(=O)N1CCc2sc(Br)c3c2C(CC3)C1. The van der Waals surface area contributed by atoms with Crippen LogP contribution in [0.1, 0.15) is 35.3 Å². The van der Waals surface area contributed by atoms with E-state index < -0.39 is 0 Å². The summed E-state index contributed by atoms with van der Waals surface area (Å²) in [6, 6.07) is 0. The number of rotatable bonds is 1. The second kappa shape index (κ2) is 4.85. The summed E-state index contributed by atoms with van der Waals surface area (Å²) < 4.78 is 6.43. The third-order valence-electron chi connectivity index (χ3n) is 3.80. The van der Waals surface area contributed by atoms with E-state index in [1.165, 1.54) is 26.2 Å². The van der Waals surface area contributed by atoms with Crippen LogP contribution in [0.15, 0.2) is 3.79 Å². The Balaban J connectivity index is 1.84. The van der Waals surface area contributed by atoms with Gasteiger partial charge in [0.15, 0.2) is 0 Å². The van der Waals surface area contributed by atoms with Gasteiger partial charge in [0.1, 0.15) is 0 Å². The molecule has 5 heteroatoms. The fraction of sp³-hybridized carbons (Fsp3) is 0.615. The third-order valence-corrected chi connectivity index (χ3v) is 5.86. The van der Waals surface area contributed by atoms with Crippen LogP contribution in [0.4, 0.5) is 4.79 Å². The maximum absolute atomic E-state index is 11.9. The van der Waals surface area contributed by atoms with Crippen molar-refractivity contribution in [1.82, 2.24) is 4.90 Å². The largest absolute Gasteiger partial charge is 0.450 e. The molecule has 0 N–H and O–H groups in total. The number of carbonyl (C=O) groups is 1. The summed E-state index contributed by atoms with van der Waals surface area (Å²) in [5, 5.41) is 0. The average Bonchev–Trinajstić information content (AvgIpc) is 2.82. The van der Waals surface area contributed by atoms with E-state index in [1.807, 2.05) is 23.2 Å². The number of amides is 1. The Morgan fingerprint density at radius 3 is 3.17 bits per heavy atom. The van der Waals surface area contributed by atoms with Crippen molar-refractivity contribution in [3.05, 3.63) is 19.8 Å². The van der Waals surface area contributed by atoms with Gasteiger partial charge in [-0.25, -0.2) is 4.79 Å². The van der Waals surface area contributed by atoms with Crippen LogP contribution in [0, 0.1) is 0 Å². The molecule has 0 saturated carbocycles. The molecule has 0 radical (unpaired) electrons. The topological polar surface area (TPSA) is 29.5 Å². The molecule has 0 aromatic carbocycles. The quantitative estimate of drug-likeness (QED) is 0.788. The number of ether oxygens (including phenoxy) is 1. The van der Waals surface area contributed by atoms with E-state index in [2.05, 4.69) is 15.9 Å². The van der Waals surface area contributed by atoms with Gasteiger partial charge in [0.05, 0.1) is 10.4 Å². The zero-order chi connectivity index (χ0) is 12.7. The number of nitrogens with zero attached hydrogens (tertiary/aromatic N) is 1. The molecule has 1 atom stereocenters. The lowest BCUT2D eigenvalue weighted by molar-refractivity contribution is 0.106. The summed E-state index contributed by atoms with van der Waals surface area (Å²) in [6.45, 7) is 3.92. The van der Waals surface area contributed by atoms with Crippen molar-refractivity contribution in [1.29, 1.82) is 0 Å². The van der Waals surface area contributed by atoms with Gasteiger partial charge in [-0.2, -0.15) is 0 Å². The Morgan fingerprint density at radius 2 is 2.39 bits per heavy atom. The maximum Gasteiger partial charge on any atom is 0.409 e. The molecular formula is C13H16BrNO2S. The smallest absolute Gasteiger partial charge is 0.409 e. The van der Waals surface area contributed by atoms with Crippen LogP contribution in [0.2, 0.25) is 0 Å². The first-order chi connectivity index (χ1) is 8.70. The summed E-state index contributed by atoms with van der Waals surface area (Å²) in [5.74, 6) is 0.518. The van der Waals surface area contributed by atoms with Crippen molar-refractivity contribution in [2.24, 2.45) is 0 Å². The summed E-state index contributed by atoms with van der Waals surface area (Å²) in [5.41, 5.74) is 3.02. The van der Waals surface area contributed by atoms with Gasteiger partial charge in [0.25, 0.3) is 0 Å². The first kappa shape index (κ1) is 12.5. The van der Waals surface area contributed by atoms with Crippen LogP contribution in [0.5, 0.6) is 0 Å². The molecule has 1 amide bonds. The minimum atomic E-state index is -0.153. The van der Waals surface area contributed by atoms with Crippen LogP contribution < -0.4 is 0 Å². The van der Waals surface area contributed by atoms with Crippen molar-refractivity contribution in [3.8, 4) is 0 Å². The molecule has 0 fully saturated rings. The molecule has 1 aromatic heterocycles. The standard InChI is InChI=1S/C13H16BrNO2S/c1-2-17-13(16)15-6-5-10-11-8(7-15)3-4-9(11)12(14)18-10/h8H,2-7H2,1H3. The summed E-state index contributed by atoms with van der Waals surface area (Å²) in [7, 11) is 0. The number of hydrogen-bond acceptors (Lipinski definition) is 3. The van der Waals surface area contributed by atoms with Crippen LogP contribution in [-0.4, -0.2) is 30.7 Å². The average molecular weight is 330 g/mol. The number of hydrogen-bond donors (Lipinski definition) is 0. The van der Waals surface area contributed by atoms with Crippen molar-refractivity contribution in [2.45, 2.75) is 32.1 Å². The minimum Gasteiger partial charge on any atom is -0.450 e. The zero-order valence-corrected chi connectivity index (χ0v) is 12.8. The highest BCUT2D eigenvalue weighted by atomic mass is 79.9. The van der Waals surface area contributed by atoms with E-state index in [0.717, 1.165) is 25.9 Å². The molecule has 18 heavy (non-hydrogen) atoms.